The zero-order valence-corrected chi connectivity index (χ0v) is 17.3. The quantitative estimate of drug-likeness (QED) is 0.495. The average Bonchev–Trinajstić information content (AvgIpc) is 3.15. The molecule has 0 saturated carbocycles. The van der Waals surface area contributed by atoms with Gasteiger partial charge in [0.05, 0.1) is 12.2 Å². The molecule has 1 aromatic carbocycles. The van der Waals surface area contributed by atoms with E-state index in [0.717, 1.165) is 24.2 Å². The highest BCUT2D eigenvalue weighted by Gasteiger charge is 2.27. The summed E-state index contributed by atoms with van der Waals surface area (Å²) in [7, 11) is 0. The normalized spacial score (nSPS) is 17.3. The number of alkyl halides is 2. The van der Waals surface area contributed by atoms with E-state index in [1.54, 1.807) is 0 Å². The van der Waals surface area contributed by atoms with Crippen molar-refractivity contribution in [1.29, 1.82) is 0 Å². The van der Waals surface area contributed by atoms with Crippen LogP contribution < -0.4 is 14.4 Å². The van der Waals surface area contributed by atoms with Gasteiger partial charge in [-0.25, -0.2) is 13.8 Å². The van der Waals surface area contributed by atoms with Crippen LogP contribution in [0.25, 0.3) is 0 Å². The summed E-state index contributed by atoms with van der Waals surface area (Å²) in [6, 6.07) is 9.55. The van der Waals surface area contributed by atoms with Crippen molar-refractivity contribution in [1.82, 2.24) is 4.98 Å². The number of aromatic nitrogens is 1. The monoisotopic (exact) mass is 420 g/mol. The number of ether oxygens (including phenoxy) is 2. The van der Waals surface area contributed by atoms with Crippen molar-refractivity contribution in [3.8, 4) is 11.6 Å². The first-order valence-corrected chi connectivity index (χ1v) is 10.0. The van der Waals surface area contributed by atoms with Gasteiger partial charge in [-0.05, 0) is 43.0 Å². The van der Waals surface area contributed by atoms with Gasteiger partial charge < -0.3 is 14.4 Å². The van der Waals surface area contributed by atoms with Crippen molar-refractivity contribution in [3.63, 3.8) is 0 Å². The van der Waals surface area contributed by atoms with Crippen molar-refractivity contribution < 1.29 is 22.6 Å². The summed E-state index contributed by atoms with van der Waals surface area (Å²) >= 11 is 0. The van der Waals surface area contributed by atoms with E-state index in [4.69, 9.17) is 9.47 Å². The second-order valence-electron chi connectivity index (χ2n) is 7.76. The first-order chi connectivity index (χ1) is 14.3. The van der Waals surface area contributed by atoms with Crippen LogP contribution in [-0.2, 0) is 0 Å². The van der Waals surface area contributed by atoms with E-state index in [0.29, 0.717) is 19.0 Å². The number of allylic oxidation sites excluding steroid dienone is 1. The molecule has 1 aliphatic rings. The fourth-order valence-corrected chi connectivity index (χ4v) is 3.65. The lowest BCUT2D eigenvalue weighted by atomic mass is 9.95. The van der Waals surface area contributed by atoms with Gasteiger partial charge in [0.15, 0.2) is 6.61 Å². The molecule has 162 valence electrons. The van der Waals surface area contributed by atoms with E-state index >= 15 is 0 Å². The Morgan fingerprint density at radius 2 is 2.00 bits per heavy atom. The molecule has 7 heteroatoms. The molecule has 2 atom stereocenters. The summed E-state index contributed by atoms with van der Waals surface area (Å²) in [5.74, 6) is 0.0326. The predicted molar refractivity (Wildman–Crippen MR) is 111 cm³/mol. The van der Waals surface area contributed by atoms with Gasteiger partial charge in [0, 0.05) is 19.2 Å². The topological polar surface area (TPSA) is 34.6 Å². The van der Waals surface area contributed by atoms with E-state index in [1.807, 2.05) is 24.0 Å². The van der Waals surface area contributed by atoms with E-state index in [2.05, 4.69) is 30.6 Å². The SMILES string of the molecule is C=C(C)C[C@@H](C)c1ccc(O[C@@H]2CCN(c3ccnc(OCC(F)F)c3F)C2)cc1. The molecule has 1 saturated heterocycles. The summed E-state index contributed by atoms with van der Waals surface area (Å²) in [4.78, 5) is 5.54. The Bertz CT molecular complexity index is 858. The molecule has 1 fully saturated rings. The molecule has 0 N–H and O–H groups in total. The van der Waals surface area contributed by atoms with Gasteiger partial charge in [-0.2, -0.15) is 4.39 Å². The Hall–Kier alpha value is -2.70. The molecule has 1 aromatic heterocycles. The van der Waals surface area contributed by atoms with Gasteiger partial charge in [-0.3, -0.25) is 0 Å². The Morgan fingerprint density at radius 1 is 1.27 bits per heavy atom. The number of anilines is 1. The third-order valence-corrected chi connectivity index (χ3v) is 5.08. The van der Waals surface area contributed by atoms with Crippen molar-refractivity contribution >= 4 is 5.69 Å². The number of benzene rings is 1. The molecule has 2 heterocycles. The summed E-state index contributed by atoms with van der Waals surface area (Å²) in [5.41, 5.74) is 2.66. The Labute approximate surface area is 175 Å². The van der Waals surface area contributed by atoms with Crippen LogP contribution in [0.4, 0.5) is 18.9 Å². The smallest absolute Gasteiger partial charge is 0.272 e. The fraction of sp³-hybridized carbons (Fsp3) is 0.435. The molecule has 0 aliphatic carbocycles. The molecule has 30 heavy (non-hydrogen) atoms. The zero-order chi connectivity index (χ0) is 21.7. The van der Waals surface area contributed by atoms with Gasteiger partial charge >= 0.3 is 0 Å². The summed E-state index contributed by atoms with van der Waals surface area (Å²) in [6.45, 7) is 8.35. The second kappa shape index (κ2) is 9.87. The van der Waals surface area contributed by atoms with Crippen LogP contribution in [0, 0.1) is 5.82 Å². The molecule has 3 rings (SSSR count). The third kappa shape index (κ3) is 5.68. The molecule has 0 amide bonds. The molecular weight excluding hydrogens is 393 g/mol. The highest BCUT2D eigenvalue weighted by Crippen LogP contribution is 2.30. The molecule has 4 nitrogen and oxygen atoms in total. The van der Waals surface area contributed by atoms with E-state index in [-0.39, 0.29) is 11.8 Å². The van der Waals surface area contributed by atoms with Gasteiger partial charge in [-0.1, -0.05) is 24.6 Å². The van der Waals surface area contributed by atoms with Crippen LogP contribution >= 0.6 is 0 Å². The van der Waals surface area contributed by atoms with Crippen molar-refractivity contribution in [2.75, 3.05) is 24.6 Å². The highest BCUT2D eigenvalue weighted by molar-refractivity contribution is 5.51. The molecule has 0 unspecified atom stereocenters. The number of rotatable bonds is 9. The molecular formula is C23H27F3N2O2. The van der Waals surface area contributed by atoms with Crippen LogP contribution in [0.1, 0.15) is 38.2 Å². The molecule has 2 aromatic rings. The minimum atomic E-state index is -2.69. The summed E-state index contributed by atoms with van der Waals surface area (Å²) < 4.78 is 50.1. The van der Waals surface area contributed by atoms with Gasteiger partial charge in [0.1, 0.15) is 11.9 Å². The van der Waals surface area contributed by atoms with Crippen molar-refractivity contribution in [2.45, 2.75) is 45.1 Å². The maximum absolute atomic E-state index is 14.6. The van der Waals surface area contributed by atoms with Gasteiger partial charge in [-0.15, -0.1) is 6.58 Å². The second-order valence-corrected chi connectivity index (χ2v) is 7.76. The first kappa shape index (κ1) is 22.0. The Kier molecular flexibility index (Phi) is 7.24. The van der Waals surface area contributed by atoms with Crippen LogP contribution in [0.5, 0.6) is 11.6 Å². The molecule has 0 spiro atoms. The van der Waals surface area contributed by atoms with Crippen LogP contribution in [-0.4, -0.2) is 37.2 Å². The lowest BCUT2D eigenvalue weighted by molar-refractivity contribution is 0.0774. The number of nitrogens with zero attached hydrogens (tertiary/aromatic N) is 2. The van der Waals surface area contributed by atoms with Gasteiger partial charge in [0.25, 0.3) is 12.3 Å². The number of halogens is 3. The predicted octanol–water partition coefficient (Wildman–Crippen LogP) is 5.59. The maximum Gasteiger partial charge on any atom is 0.272 e. The van der Waals surface area contributed by atoms with E-state index < -0.39 is 24.7 Å². The van der Waals surface area contributed by atoms with E-state index in [9.17, 15) is 13.2 Å². The maximum atomic E-state index is 14.6. The molecule has 1 aliphatic heterocycles. The summed E-state index contributed by atoms with van der Waals surface area (Å²) in [6.07, 6.45) is 0.246. The van der Waals surface area contributed by atoms with Crippen molar-refractivity contribution in [3.05, 3.63) is 60.1 Å². The lowest BCUT2D eigenvalue weighted by Gasteiger charge is -2.20. The van der Waals surface area contributed by atoms with Crippen molar-refractivity contribution in [2.24, 2.45) is 0 Å². The third-order valence-electron chi connectivity index (χ3n) is 5.08. The Morgan fingerprint density at radius 3 is 2.67 bits per heavy atom. The largest absolute Gasteiger partial charge is 0.489 e. The summed E-state index contributed by atoms with van der Waals surface area (Å²) in [5, 5.41) is 0. The number of hydrogen-bond acceptors (Lipinski definition) is 4. The first-order valence-electron chi connectivity index (χ1n) is 10.0. The lowest BCUT2D eigenvalue weighted by Crippen LogP contribution is -2.25. The van der Waals surface area contributed by atoms with Crippen LogP contribution in [0.2, 0.25) is 0 Å². The fourth-order valence-electron chi connectivity index (χ4n) is 3.65. The highest BCUT2D eigenvalue weighted by atomic mass is 19.3. The zero-order valence-electron chi connectivity index (χ0n) is 17.3. The minimum absolute atomic E-state index is 0.0957. The van der Waals surface area contributed by atoms with Gasteiger partial charge in [0.2, 0.25) is 5.82 Å². The minimum Gasteiger partial charge on any atom is -0.489 e. The number of pyridine rings is 1. The molecule has 0 bridgehead atoms. The number of hydrogen-bond donors (Lipinski definition) is 0. The Balaban J connectivity index is 1.59. The van der Waals surface area contributed by atoms with Crippen LogP contribution in [0.3, 0.4) is 0 Å². The average molecular weight is 420 g/mol. The van der Waals surface area contributed by atoms with Crippen LogP contribution in [0.15, 0.2) is 48.7 Å². The molecule has 0 radical (unpaired) electrons. The van der Waals surface area contributed by atoms with E-state index in [1.165, 1.54) is 17.8 Å². The standard InChI is InChI=1S/C23H27F3N2O2/c1-15(2)12-16(3)17-4-6-18(7-5-17)30-19-9-11-28(13-19)20-8-10-27-23(22(20)26)29-14-21(24)25/h4-8,10,16,19,21H,1,9,11-14H2,2-3H3/t16-,19-/m1/s1.